The summed E-state index contributed by atoms with van der Waals surface area (Å²) in [4.78, 5) is 44.1. The smallest absolute Gasteiger partial charge is 0.408 e. The number of ether oxygens (including phenoxy) is 1. The first-order valence-electron chi connectivity index (χ1n) is 13.1. The van der Waals surface area contributed by atoms with Crippen LogP contribution in [0.5, 0.6) is 0 Å². The molecular formula is C29H37N5O4. The molecule has 1 aliphatic heterocycles. The Labute approximate surface area is 223 Å². The molecule has 2 heterocycles. The van der Waals surface area contributed by atoms with E-state index in [1.807, 2.05) is 67.7 Å². The molecule has 0 aliphatic carbocycles. The molecule has 3 aromatic rings. The molecule has 1 fully saturated rings. The lowest BCUT2D eigenvalue weighted by atomic mass is 9.83. The summed E-state index contributed by atoms with van der Waals surface area (Å²) in [6.45, 7) is 6.27. The summed E-state index contributed by atoms with van der Waals surface area (Å²) in [5.41, 5.74) is 6.86. The lowest BCUT2D eigenvalue weighted by Crippen LogP contribution is -2.58. The number of amides is 3. The number of nitrogens with two attached hydrogens (primary N) is 1. The monoisotopic (exact) mass is 519 g/mol. The van der Waals surface area contributed by atoms with Gasteiger partial charge in [-0.2, -0.15) is 0 Å². The number of carbonyl (C=O) groups excluding carboxylic acids is 3. The average Bonchev–Trinajstić information content (AvgIpc) is 3.31. The number of rotatable bonds is 8. The van der Waals surface area contributed by atoms with Gasteiger partial charge in [-0.15, -0.1) is 0 Å². The lowest BCUT2D eigenvalue weighted by molar-refractivity contribution is -0.141. The minimum Gasteiger partial charge on any atom is -0.438 e. The van der Waals surface area contributed by atoms with Crippen molar-refractivity contribution in [1.82, 2.24) is 20.5 Å². The SMILES string of the molecule is CCNC(=O)OC1(c2ccccc2)CCN(C(=O)[C@@H](Cc2c[nH]c3ccccc23)NC(=O)C(C)(C)N)CC1. The largest absolute Gasteiger partial charge is 0.438 e. The van der Waals surface area contributed by atoms with E-state index in [1.54, 1.807) is 18.7 Å². The number of alkyl carbamates (subject to hydrolysis) is 1. The molecule has 9 heteroatoms. The number of aromatic amines is 1. The first-order chi connectivity index (χ1) is 18.1. The predicted molar refractivity (Wildman–Crippen MR) is 146 cm³/mol. The van der Waals surface area contributed by atoms with Crippen molar-refractivity contribution in [2.45, 2.75) is 57.2 Å². The maximum Gasteiger partial charge on any atom is 0.408 e. The predicted octanol–water partition coefficient (Wildman–Crippen LogP) is 3.20. The van der Waals surface area contributed by atoms with Crippen molar-refractivity contribution in [2.75, 3.05) is 19.6 Å². The third-order valence-electron chi connectivity index (χ3n) is 7.08. The zero-order chi connectivity index (χ0) is 27.3. The van der Waals surface area contributed by atoms with E-state index < -0.39 is 29.2 Å². The fourth-order valence-electron chi connectivity index (χ4n) is 4.92. The fourth-order valence-corrected chi connectivity index (χ4v) is 4.92. The molecule has 1 saturated heterocycles. The number of piperidine rings is 1. The maximum absolute atomic E-state index is 13.8. The molecule has 2 aromatic carbocycles. The first-order valence-corrected chi connectivity index (χ1v) is 13.1. The molecule has 0 spiro atoms. The summed E-state index contributed by atoms with van der Waals surface area (Å²) >= 11 is 0. The van der Waals surface area contributed by atoms with Gasteiger partial charge in [-0.3, -0.25) is 9.59 Å². The summed E-state index contributed by atoms with van der Waals surface area (Å²) < 4.78 is 5.96. The quantitative estimate of drug-likeness (QED) is 0.363. The number of nitrogens with one attached hydrogen (secondary N) is 3. The van der Waals surface area contributed by atoms with E-state index >= 15 is 0 Å². The van der Waals surface area contributed by atoms with Crippen LogP contribution in [0.2, 0.25) is 0 Å². The van der Waals surface area contributed by atoms with Crippen LogP contribution in [-0.4, -0.2) is 59.0 Å². The lowest BCUT2D eigenvalue weighted by Gasteiger charge is -2.42. The van der Waals surface area contributed by atoms with Crippen LogP contribution in [0.15, 0.2) is 60.8 Å². The first kappa shape index (κ1) is 27.2. The maximum atomic E-state index is 13.8. The van der Waals surface area contributed by atoms with E-state index in [9.17, 15) is 14.4 Å². The Kier molecular flexibility index (Phi) is 8.06. The fraction of sp³-hybridized carbons (Fsp3) is 0.414. The number of aromatic nitrogens is 1. The summed E-state index contributed by atoms with van der Waals surface area (Å²) in [6.07, 6.45) is 2.60. The van der Waals surface area contributed by atoms with Crippen LogP contribution < -0.4 is 16.4 Å². The minimum absolute atomic E-state index is 0.187. The highest BCUT2D eigenvalue weighted by Gasteiger charge is 2.42. The number of likely N-dealkylation sites (tertiary alicyclic amines) is 1. The summed E-state index contributed by atoms with van der Waals surface area (Å²) in [5.74, 6) is -0.585. The van der Waals surface area contributed by atoms with Gasteiger partial charge in [-0.25, -0.2) is 4.79 Å². The summed E-state index contributed by atoms with van der Waals surface area (Å²) in [6, 6.07) is 16.7. The number of carbonyl (C=O) groups is 3. The van der Waals surface area contributed by atoms with Crippen molar-refractivity contribution in [3.8, 4) is 0 Å². The number of nitrogens with zero attached hydrogens (tertiary/aromatic N) is 1. The van der Waals surface area contributed by atoms with Crippen LogP contribution in [0.3, 0.4) is 0 Å². The van der Waals surface area contributed by atoms with E-state index in [4.69, 9.17) is 10.5 Å². The van der Waals surface area contributed by atoms with Gasteiger partial charge in [0.15, 0.2) is 0 Å². The summed E-state index contributed by atoms with van der Waals surface area (Å²) in [7, 11) is 0. The Balaban J connectivity index is 1.55. The zero-order valence-electron chi connectivity index (χ0n) is 22.3. The highest BCUT2D eigenvalue weighted by molar-refractivity contribution is 5.92. The van der Waals surface area contributed by atoms with E-state index in [-0.39, 0.29) is 5.91 Å². The van der Waals surface area contributed by atoms with Gasteiger partial charge in [-0.1, -0.05) is 48.5 Å². The molecule has 202 valence electrons. The molecule has 9 nitrogen and oxygen atoms in total. The second-order valence-corrected chi connectivity index (χ2v) is 10.4. The van der Waals surface area contributed by atoms with Gasteiger partial charge in [0.1, 0.15) is 11.6 Å². The Bertz CT molecular complexity index is 1270. The Hall–Kier alpha value is -3.85. The van der Waals surface area contributed by atoms with Crippen molar-refractivity contribution in [3.05, 3.63) is 71.9 Å². The van der Waals surface area contributed by atoms with Crippen molar-refractivity contribution in [2.24, 2.45) is 5.73 Å². The van der Waals surface area contributed by atoms with Crippen LogP contribution in [0.4, 0.5) is 4.79 Å². The van der Waals surface area contributed by atoms with E-state index in [0.717, 1.165) is 22.0 Å². The standard InChI is InChI=1S/C29H37N5O4/c1-4-31-27(37)38-29(21-10-6-5-7-11-21)14-16-34(17-15-29)25(35)24(33-26(36)28(2,3)30)18-20-19-32-23-13-9-8-12-22(20)23/h5-13,19,24,32H,4,14-18,30H2,1-3H3,(H,31,37)(H,33,36)/t24-/m1/s1. The van der Waals surface area contributed by atoms with Gasteiger partial charge in [-0.05, 0) is 38.0 Å². The Morgan fingerprint density at radius 1 is 1.08 bits per heavy atom. The third-order valence-corrected chi connectivity index (χ3v) is 7.08. The second kappa shape index (κ2) is 11.3. The topological polar surface area (TPSA) is 130 Å². The van der Waals surface area contributed by atoms with Gasteiger partial charge in [0, 0.05) is 56.0 Å². The summed E-state index contributed by atoms with van der Waals surface area (Å²) in [5, 5.41) is 6.61. The number of H-pyrrole nitrogens is 1. The molecule has 0 bridgehead atoms. The third kappa shape index (κ3) is 5.99. The number of fused-ring (bicyclic) bond motifs is 1. The van der Waals surface area contributed by atoms with Gasteiger partial charge >= 0.3 is 6.09 Å². The van der Waals surface area contributed by atoms with Gasteiger partial charge < -0.3 is 31.0 Å². The van der Waals surface area contributed by atoms with Crippen molar-refractivity contribution in [1.29, 1.82) is 0 Å². The normalized spacial score (nSPS) is 16.1. The molecule has 0 radical (unpaired) electrons. The number of benzene rings is 2. The minimum atomic E-state index is -1.14. The molecule has 3 amide bonds. The second-order valence-electron chi connectivity index (χ2n) is 10.4. The molecule has 1 aliphatic rings. The highest BCUT2D eigenvalue weighted by atomic mass is 16.6. The molecule has 0 unspecified atom stereocenters. The number of para-hydroxylation sites is 1. The Morgan fingerprint density at radius 3 is 2.39 bits per heavy atom. The van der Waals surface area contributed by atoms with Gasteiger partial charge in [0.2, 0.25) is 11.8 Å². The zero-order valence-corrected chi connectivity index (χ0v) is 22.3. The molecular weight excluding hydrogens is 482 g/mol. The van der Waals surface area contributed by atoms with Crippen LogP contribution >= 0.6 is 0 Å². The molecule has 5 N–H and O–H groups in total. The number of hydrogen-bond acceptors (Lipinski definition) is 5. The van der Waals surface area contributed by atoms with Crippen LogP contribution in [0.25, 0.3) is 10.9 Å². The molecule has 4 rings (SSSR count). The van der Waals surface area contributed by atoms with E-state index in [1.165, 1.54) is 0 Å². The van der Waals surface area contributed by atoms with Gasteiger partial charge in [0.05, 0.1) is 5.54 Å². The van der Waals surface area contributed by atoms with E-state index in [2.05, 4.69) is 15.6 Å². The van der Waals surface area contributed by atoms with Crippen LogP contribution in [-0.2, 0) is 26.3 Å². The molecule has 0 saturated carbocycles. The van der Waals surface area contributed by atoms with Crippen molar-refractivity contribution in [3.63, 3.8) is 0 Å². The van der Waals surface area contributed by atoms with Crippen LogP contribution in [0.1, 0.15) is 44.7 Å². The number of hydrogen-bond donors (Lipinski definition) is 4. The van der Waals surface area contributed by atoms with E-state index in [0.29, 0.717) is 38.9 Å². The van der Waals surface area contributed by atoms with Gasteiger partial charge in [0.25, 0.3) is 0 Å². The van der Waals surface area contributed by atoms with Crippen molar-refractivity contribution >= 4 is 28.8 Å². The van der Waals surface area contributed by atoms with Crippen molar-refractivity contribution < 1.29 is 19.1 Å². The highest BCUT2D eigenvalue weighted by Crippen LogP contribution is 2.37. The molecule has 1 atom stereocenters. The average molecular weight is 520 g/mol. The molecule has 1 aromatic heterocycles. The van der Waals surface area contributed by atoms with Crippen LogP contribution in [0, 0.1) is 0 Å². The Morgan fingerprint density at radius 2 is 1.74 bits per heavy atom. The molecule has 38 heavy (non-hydrogen) atoms.